The molecule has 0 aliphatic rings. The molecule has 0 aromatic rings. The van der Waals surface area contributed by atoms with Crippen molar-refractivity contribution in [2.75, 3.05) is 19.6 Å². The van der Waals surface area contributed by atoms with Crippen molar-refractivity contribution in [3.8, 4) is 0 Å². The molecule has 0 rings (SSSR count). The number of nitrogens with zero attached hydrogens (tertiary/aromatic N) is 1. The first kappa shape index (κ1) is 32.4. The summed E-state index contributed by atoms with van der Waals surface area (Å²) >= 11 is 0. The molecular weight excluding hydrogens is 386 g/mol. The molecule has 0 heterocycles. The molecular formula is C28H60ClN. The molecule has 0 aliphatic carbocycles. The predicted molar refractivity (Wildman–Crippen MR) is 142 cm³/mol. The SMILES string of the molecule is CCCCCCCCCCCCCCCCCCCCCCN(CC)CCCC.Cl. The van der Waals surface area contributed by atoms with Crippen molar-refractivity contribution in [1.82, 2.24) is 4.90 Å². The fourth-order valence-electron chi connectivity index (χ4n) is 4.40. The Hall–Kier alpha value is 0.250. The van der Waals surface area contributed by atoms with Crippen LogP contribution in [0.4, 0.5) is 0 Å². The summed E-state index contributed by atoms with van der Waals surface area (Å²) in [6.07, 6.45) is 32.1. The maximum Gasteiger partial charge on any atom is -0.00189 e. The minimum absolute atomic E-state index is 0. The van der Waals surface area contributed by atoms with Crippen molar-refractivity contribution in [2.45, 2.75) is 162 Å². The Bertz CT molecular complexity index is 282. The van der Waals surface area contributed by atoms with Crippen LogP contribution in [0, 0.1) is 0 Å². The first-order valence-electron chi connectivity index (χ1n) is 14.1. The normalized spacial score (nSPS) is 11.2. The number of unbranched alkanes of at least 4 members (excludes halogenated alkanes) is 20. The quantitative estimate of drug-likeness (QED) is 0.126. The van der Waals surface area contributed by atoms with Crippen molar-refractivity contribution in [3.05, 3.63) is 0 Å². The fraction of sp³-hybridized carbons (Fsp3) is 1.00. The number of hydrogen-bond donors (Lipinski definition) is 0. The average Bonchev–Trinajstić information content (AvgIpc) is 2.74. The third-order valence-corrected chi connectivity index (χ3v) is 6.60. The van der Waals surface area contributed by atoms with E-state index in [1.165, 1.54) is 161 Å². The minimum Gasteiger partial charge on any atom is -0.304 e. The Morgan fingerprint density at radius 1 is 0.333 bits per heavy atom. The third-order valence-electron chi connectivity index (χ3n) is 6.60. The van der Waals surface area contributed by atoms with Crippen molar-refractivity contribution >= 4 is 12.4 Å². The van der Waals surface area contributed by atoms with Gasteiger partial charge in [0.15, 0.2) is 0 Å². The summed E-state index contributed by atoms with van der Waals surface area (Å²) in [5.41, 5.74) is 0. The van der Waals surface area contributed by atoms with Gasteiger partial charge in [0.05, 0.1) is 0 Å². The summed E-state index contributed by atoms with van der Waals surface area (Å²) in [7, 11) is 0. The Balaban J connectivity index is 0. The van der Waals surface area contributed by atoms with Gasteiger partial charge in [0.2, 0.25) is 0 Å². The number of rotatable bonds is 25. The first-order valence-corrected chi connectivity index (χ1v) is 14.1. The molecule has 0 fully saturated rings. The molecule has 0 saturated heterocycles. The summed E-state index contributed by atoms with van der Waals surface area (Å²) in [5, 5.41) is 0. The second-order valence-corrected chi connectivity index (χ2v) is 9.51. The van der Waals surface area contributed by atoms with Crippen molar-refractivity contribution < 1.29 is 0 Å². The van der Waals surface area contributed by atoms with Gasteiger partial charge < -0.3 is 4.90 Å². The number of halogens is 1. The smallest absolute Gasteiger partial charge is 0.00189 e. The highest BCUT2D eigenvalue weighted by Crippen LogP contribution is 2.15. The molecule has 0 aliphatic heterocycles. The second kappa shape index (κ2) is 29.2. The molecule has 1 nitrogen and oxygen atoms in total. The summed E-state index contributed by atoms with van der Waals surface area (Å²) < 4.78 is 0. The molecule has 0 saturated carbocycles. The van der Waals surface area contributed by atoms with Crippen LogP contribution in [0.2, 0.25) is 0 Å². The highest BCUT2D eigenvalue weighted by Gasteiger charge is 2.01. The Morgan fingerprint density at radius 2 is 0.600 bits per heavy atom. The van der Waals surface area contributed by atoms with Crippen molar-refractivity contribution in [2.24, 2.45) is 0 Å². The first-order chi connectivity index (χ1) is 14.3. The lowest BCUT2D eigenvalue weighted by molar-refractivity contribution is 0.276. The van der Waals surface area contributed by atoms with E-state index in [2.05, 4.69) is 25.7 Å². The molecule has 0 radical (unpaired) electrons. The van der Waals surface area contributed by atoms with E-state index in [4.69, 9.17) is 0 Å². The van der Waals surface area contributed by atoms with Crippen LogP contribution in [0.25, 0.3) is 0 Å². The van der Waals surface area contributed by atoms with Crippen LogP contribution in [-0.2, 0) is 0 Å². The van der Waals surface area contributed by atoms with Crippen molar-refractivity contribution in [3.63, 3.8) is 0 Å². The van der Waals surface area contributed by atoms with Gasteiger partial charge in [-0.2, -0.15) is 0 Å². The Kier molecular flexibility index (Phi) is 31.6. The van der Waals surface area contributed by atoms with Gasteiger partial charge in [-0.1, -0.05) is 149 Å². The summed E-state index contributed by atoms with van der Waals surface area (Å²) in [6.45, 7) is 10.8. The monoisotopic (exact) mass is 445 g/mol. The largest absolute Gasteiger partial charge is 0.304 e. The van der Waals surface area contributed by atoms with E-state index in [1.807, 2.05) is 0 Å². The third kappa shape index (κ3) is 26.3. The molecule has 0 amide bonds. The van der Waals surface area contributed by atoms with Crippen LogP contribution in [0.1, 0.15) is 162 Å². The van der Waals surface area contributed by atoms with E-state index in [9.17, 15) is 0 Å². The van der Waals surface area contributed by atoms with Crippen LogP contribution < -0.4 is 0 Å². The summed E-state index contributed by atoms with van der Waals surface area (Å²) in [5.74, 6) is 0. The van der Waals surface area contributed by atoms with Gasteiger partial charge >= 0.3 is 0 Å². The molecule has 0 atom stereocenters. The average molecular weight is 446 g/mol. The lowest BCUT2D eigenvalue weighted by Gasteiger charge is -2.19. The van der Waals surface area contributed by atoms with Gasteiger partial charge in [-0.25, -0.2) is 0 Å². The summed E-state index contributed by atoms with van der Waals surface area (Å²) in [6, 6.07) is 0. The topological polar surface area (TPSA) is 3.24 Å². The zero-order chi connectivity index (χ0) is 21.3. The molecule has 184 valence electrons. The molecule has 0 aromatic carbocycles. The van der Waals surface area contributed by atoms with Crippen molar-refractivity contribution in [1.29, 1.82) is 0 Å². The second-order valence-electron chi connectivity index (χ2n) is 9.51. The molecule has 30 heavy (non-hydrogen) atoms. The zero-order valence-electron chi connectivity index (χ0n) is 21.5. The van der Waals surface area contributed by atoms with E-state index in [0.29, 0.717) is 0 Å². The Labute approximate surface area is 199 Å². The standard InChI is InChI=1S/C28H59N.ClH/c1-4-7-9-10-11-12-13-14-15-16-17-18-19-20-21-22-23-24-25-26-28-29(6-3)27-8-5-2;/h4-28H2,1-3H3;1H. The van der Waals surface area contributed by atoms with E-state index in [-0.39, 0.29) is 12.4 Å². The van der Waals surface area contributed by atoms with Gasteiger partial charge in [0.25, 0.3) is 0 Å². The molecule has 2 heteroatoms. The minimum atomic E-state index is 0. The highest BCUT2D eigenvalue weighted by atomic mass is 35.5. The van der Waals surface area contributed by atoms with E-state index in [1.54, 1.807) is 0 Å². The van der Waals surface area contributed by atoms with Crippen LogP contribution in [0.5, 0.6) is 0 Å². The van der Waals surface area contributed by atoms with Crippen LogP contribution in [-0.4, -0.2) is 24.5 Å². The molecule has 0 N–H and O–H groups in total. The fourth-order valence-corrected chi connectivity index (χ4v) is 4.40. The van der Waals surface area contributed by atoms with Crippen LogP contribution in [0.3, 0.4) is 0 Å². The zero-order valence-corrected chi connectivity index (χ0v) is 22.3. The van der Waals surface area contributed by atoms with Gasteiger partial charge in [0, 0.05) is 0 Å². The molecule has 0 spiro atoms. The Morgan fingerprint density at radius 3 is 0.900 bits per heavy atom. The maximum atomic E-state index is 2.64. The molecule has 0 aromatic heterocycles. The van der Waals surface area contributed by atoms with E-state index >= 15 is 0 Å². The summed E-state index contributed by atoms with van der Waals surface area (Å²) in [4.78, 5) is 2.64. The van der Waals surface area contributed by atoms with Gasteiger partial charge in [-0.3, -0.25) is 0 Å². The van der Waals surface area contributed by atoms with E-state index in [0.717, 1.165) is 0 Å². The molecule has 0 bridgehead atoms. The van der Waals surface area contributed by atoms with Crippen LogP contribution in [0.15, 0.2) is 0 Å². The maximum absolute atomic E-state index is 2.64. The predicted octanol–water partition coefficient (Wildman–Crippen LogP) is 10.4. The van der Waals surface area contributed by atoms with Gasteiger partial charge in [-0.05, 0) is 32.5 Å². The van der Waals surface area contributed by atoms with E-state index < -0.39 is 0 Å². The lowest BCUT2D eigenvalue weighted by Crippen LogP contribution is -2.25. The molecule has 0 unspecified atom stereocenters. The highest BCUT2D eigenvalue weighted by molar-refractivity contribution is 5.85. The number of hydrogen-bond acceptors (Lipinski definition) is 1. The van der Waals surface area contributed by atoms with Gasteiger partial charge in [0.1, 0.15) is 0 Å². The van der Waals surface area contributed by atoms with Crippen LogP contribution >= 0.6 is 12.4 Å². The van der Waals surface area contributed by atoms with Gasteiger partial charge in [-0.15, -0.1) is 12.4 Å². The lowest BCUT2D eigenvalue weighted by atomic mass is 10.0.